The third kappa shape index (κ3) is 2.42. The molecule has 0 atom stereocenters. The molecule has 1 rings (SSSR count). The Hall–Kier alpha value is -1.65. The third-order valence-electron chi connectivity index (χ3n) is 1.79. The summed E-state index contributed by atoms with van der Waals surface area (Å²) in [6, 6.07) is 1.78. The number of halogens is 2. The summed E-state index contributed by atoms with van der Waals surface area (Å²) in [5.41, 5.74) is 5.76. The van der Waals surface area contributed by atoms with Crippen LogP contribution in [0.2, 0.25) is 0 Å². The number of benzene rings is 1. The molecule has 3 nitrogen and oxygen atoms in total. The van der Waals surface area contributed by atoms with E-state index >= 15 is 0 Å². The van der Waals surface area contributed by atoms with Crippen LogP contribution in [0.15, 0.2) is 12.1 Å². The van der Waals surface area contributed by atoms with E-state index in [1.807, 2.05) is 0 Å². The molecule has 1 aromatic rings. The van der Waals surface area contributed by atoms with E-state index in [4.69, 9.17) is 10.8 Å². The van der Waals surface area contributed by atoms with Crippen LogP contribution in [0.5, 0.6) is 0 Å². The molecule has 1 aromatic carbocycles. The quantitative estimate of drug-likeness (QED) is 0.729. The molecule has 3 N–H and O–H groups in total. The minimum atomic E-state index is -1.03. The number of carbonyl (C=O) groups is 1. The molecule has 0 spiro atoms. The summed E-state index contributed by atoms with van der Waals surface area (Å²) in [6.07, 6.45) is -0.0619. The Morgan fingerprint density at radius 2 is 1.93 bits per heavy atom. The first-order valence-electron chi connectivity index (χ1n) is 3.96. The Morgan fingerprint density at radius 1 is 1.36 bits per heavy atom. The van der Waals surface area contributed by atoms with E-state index < -0.39 is 17.6 Å². The van der Waals surface area contributed by atoms with Crippen molar-refractivity contribution in [1.29, 1.82) is 0 Å². The second kappa shape index (κ2) is 4.04. The highest BCUT2D eigenvalue weighted by atomic mass is 19.2. The van der Waals surface area contributed by atoms with Crippen molar-refractivity contribution in [3.05, 3.63) is 29.3 Å². The van der Waals surface area contributed by atoms with Crippen LogP contribution in [-0.4, -0.2) is 11.1 Å². The summed E-state index contributed by atoms with van der Waals surface area (Å²) < 4.78 is 25.3. The number of anilines is 1. The molecule has 0 amide bonds. The van der Waals surface area contributed by atoms with Crippen molar-refractivity contribution in [2.45, 2.75) is 12.8 Å². The number of nitrogens with two attached hydrogens (primary N) is 1. The van der Waals surface area contributed by atoms with E-state index in [1.165, 1.54) is 0 Å². The average Bonchev–Trinajstić information content (AvgIpc) is 2.09. The Morgan fingerprint density at radius 3 is 2.50 bits per heavy atom. The second-order valence-corrected chi connectivity index (χ2v) is 2.86. The predicted molar refractivity (Wildman–Crippen MR) is 46.7 cm³/mol. The summed E-state index contributed by atoms with van der Waals surface area (Å²) >= 11 is 0. The molecule has 0 saturated carbocycles. The van der Waals surface area contributed by atoms with Gasteiger partial charge in [0.2, 0.25) is 0 Å². The summed E-state index contributed by atoms with van der Waals surface area (Å²) in [5.74, 6) is -3.05. The average molecular weight is 201 g/mol. The first-order chi connectivity index (χ1) is 6.50. The van der Waals surface area contributed by atoms with Gasteiger partial charge in [0.25, 0.3) is 0 Å². The van der Waals surface area contributed by atoms with E-state index in [-0.39, 0.29) is 18.5 Å². The zero-order chi connectivity index (χ0) is 10.7. The van der Waals surface area contributed by atoms with E-state index in [0.29, 0.717) is 5.56 Å². The number of hydrogen-bond donors (Lipinski definition) is 2. The standard InChI is InChI=1S/C9H9F2NO2/c10-6-3-5(1-2-9(13)14)8(12)4-7(6)11/h3-4H,1-2,12H2,(H,13,14). The highest BCUT2D eigenvalue weighted by Gasteiger charge is 2.08. The molecule has 5 heteroatoms. The maximum atomic E-state index is 12.7. The van der Waals surface area contributed by atoms with Gasteiger partial charge in [-0.15, -0.1) is 0 Å². The minimum absolute atomic E-state index is 0.0742. The van der Waals surface area contributed by atoms with Crippen molar-refractivity contribution in [2.24, 2.45) is 0 Å². The van der Waals surface area contributed by atoms with Gasteiger partial charge in [0.05, 0.1) is 0 Å². The maximum Gasteiger partial charge on any atom is 0.303 e. The van der Waals surface area contributed by atoms with Gasteiger partial charge in [-0.1, -0.05) is 0 Å². The number of hydrogen-bond acceptors (Lipinski definition) is 2. The first-order valence-corrected chi connectivity index (χ1v) is 3.96. The lowest BCUT2D eigenvalue weighted by atomic mass is 10.1. The van der Waals surface area contributed by atoms with Crippen molar-refractivity contribution >= 4 is 11.7 Å². The number of nitrogen functional groups attached to an aromatic ring is 1. The fourth-order valence-electron chi connectivity index (χ4n) is 1.06. The fraction of sp³-hybridized carbons (Fsp3) is 0.222. The predicted octanol–water partition coefficient (Wildman–Crippen LogP) is 1.56. The molecule has 0 aliphatic rings. The van der Waals surface area contributed by atoms with Crippen LogP contribution in [0.25, 0.3) is 0 Å². The van der Waals surface area contributed by atoms with E-state index in [2.05, 4.69) is 0 Å². The molecule has 0 saturated heterocycles. The lowest BCUT2D eigenvalue weighted by molar-refractivity contribution is -0.136. The zero-order valence-electron chi connectivity index (χ0n) is 7.26. The van der Waals surface area contributed by atoms with Crippen molar-refractivity contribution in [3.63, 3.8) is 0 Å². The van der Waals surface area contributed by atoms with Gasteiger partial charge in [0, 0.05) is 18.2 Å². The summed E-state index contributed by atoms with van der Waals surface area (Å²) in [7, 11) is 0. The minimum Gasteiger partial charge on any atom is -0.481 e. The molecule has 0 fully saturated rings. The lowest BCUT2D eigenvalue weighted by Crippen LogP contribution is -2.02. The number of carboxylic acid groups (broad SMARTS) is 1. The smallest absolute Gasteiger partial charge is 0.303 e. The molecule has 0 aliphatic heterocycles. The largest absolute Gasteiger partial charge is 0.481 e. The zero-order valence-corrected chi connectivity index (χ0v) is 7.26. The van der Waals surface area contributed by atoms with Gasteiger partial charge >= 0.3 is 5.97 Å². The number of aliphatic carboxylic acids is 1. The molecule has 76 valence electrons. The third-order valence-corrected chi connectivity index (χ3v) is 1.79. The highest BCUT2D eigenvalue weighted by Crippen LogP contribution is 2.18. The van der Waals surface area contributed by atoms with Crippen LogP contribution < -0.4 is 5.73 Å². The second-order valence-electron chi connectivity index (χ2n) is 2.86. The van der Waals surface area contributed by atoms with Crippen molar-refractivity contribution in [3.8, 4) is 0 Å². The Bertz CT molecular complexity index is 366. The van der Waals surface area contributed by atoms with Gasteiger partial charge in [-0.3, -0.25) is 4.79 Å². The number of rotatable bonds is 3. The molecular formula is C9H9F2NO2. The van der Waals surface area contributed by atoms with Crippen molar-refractivity contribution in [2.75, 3.05) is 5.73 Å². The van der Waals surface area contributed by atoms with E-state index in [9.17, 15) is 13.6 Å². The Labute approximate surface area is 79.2 Å². The van der Waals surface area contributed by atoms with Crippen LogP contribution in [-0.2, 0) is 11.2 Å². The summed E-state index contributed by atoms with van der Waals surface area (Å²) in [5, 5.41) is 8.38. The maximum absolute atomic E-state index is 12.7. The number of aryl methyl sites for hydroxylation is 1. The van der Waals surface area contributed by atoms with Gasteiger partial charge in [-0.05, 0) is 18.1 Å². The molecule has 0 aliphatic carbocycles. The van der Waals surface area contributed by atoms with Crippen LogP contribution in [0.3, 0.4) is 0 Å². The highest BCUT2D eigenvalue weighted by molar-refractivity contribution is 5.67. The van der Waals surface area contributed by atoms with E-state index in [1.54, 1.807) is 0 Å². The topological polar surface area (TPSA) is 63.3 Å². The molecule has 0 aromatic heterocycles. The SMILES string of the molecule is Nc1cc(F)c(F)cc1CCC(=O)O. The first kappa shape index (κ1) is 10.4. The summed E-state index contributed by atoms with van der Waals surface area (Å²) in [4.78, 5) is 10.2. The molecule has 0 bridgehead atoms. The molecule has 0 heterocycles. The fourth-order valence-corrected chi connectivity index (χ4v) is 1.06. The molecular weight excluding hydrogens is 192 g/mol. The van der Waals surface area contributed by atoms with Gasteiger partial charge < -0.3 is 10.8 Å². The number of carboxylic acids is 1. The molecule has 0 unspecified atom stereocenters. The van der Waals surface area contributed by atoms with Crippen LogP contribution in [0.4, 0.5) is 14.5 Å². The lowest BCUT2D eigenvalue weighted by Gasteiger charge is -2.04. The Kier molecular flexibility index (Phi) is 3.01. The Balaban J connectivity index is 2.87. The van der Waals surface area contributed by atoms with Crippen LogP contribution in [0, 0.1) is 11.6 Å². The van der Waals surface area contributed by atoms with Gasteiger partial charge in [-0.2, -0.15) is 0 Å². The van der Waals surface area contributed by atoms with Gasteiger partial charge in [0.15, 0.2) is 11.6 Å². The van der Waals surface area contributed by atoms with Crippen molar-refractivity contribution in [1.82, 2.24) is 0 Å². The molecule has 0 radical (unpaired) electrons. The van der Waals surface area contributed by atoms with E-state index in [0.717, 1.165) is 12.1 Å². The normalized spacial score (nSPS) is 10.1. The van der Waals surface area contributed by atoms with Crippen LogP contribution in [0.1, 0.15) is 12.0 Å². The van der Waals surface area contributed by atoms with Gasteiger partial charge in [-0.25, -0.2) is 8.78 Å². The van der Waals surface area contributed by atoms with Crippen LogP contribution >= 0.6 is 0 Å². The van der Waals surface area contributed by atoms with Gasteiger partial charge in [0.1, 0.15) is 0 Å². The molecule has 14 heavy (non-hydrogen) atoms. The monoisotopic (exact) mass is 201 g/mol. The summed E-state index contributed by atoms with van der Waals surface area (Å²) in [6.45, 7) is 0. The van der Waals surface area contributed by atoms with Crippen molar-refractivity contribution < 1.29 is 18.7 Å².